The van der Waals surface area contributed by atoms with Gasteiger partial charge >= 0.3 is 6.01 Å². The molecule has 0 aliphatic carbocycles. The second-order valence-corrected chi connectivity index (χ2v) is 4.43. The van der Waals surface area contributed by atoms with Crippen LogP contribution < -0.4 is 10.2 Å². The van der Waals surface area contributed by atoms with Crippen molar-refractivity contribution in [2.24, 2.45) is 0 Å². The first-order valence-corrected chi connectivity index (χ1v) is 5.99. The standard InChI is InChI=1S/C12H15ClN4O/c1-14-7-11-15-16-12(18-11)17(2)8-9-3-5-10(13)6-4-9/h3-6,14H,7-8H2,1-2H3. The molecule has 0 atom stereocenters. The lowest BCUT2D eigenvalue weighted by Gasteiger charge is -2.13. The monoisotopic (exact) mass is 266 g/mol. The van der Waals surface area contributed by atoms with Gasteiger partial charge in [0.15, 0.2) is 0 Å². The second kappa shape index (κ2) is 5.84. The zero-order chi connectivity index (χ0) is 13.0. The van der Waals surface area contributed by atoms with E-state index in [1.165, 1.54) is 0 Å². The predicted octanol–water partition coefficient (Wildman–Crippen LogP) is 2.08. The first-order chi connectivity index (χ1) is 8.69. The number of hydrogen-bond donors (Lipinski definition) is 1. The molecule has 6 heteroatoms. The Morgan fingerprint density at radius 2 is 2.00 bits per heavy atom. The van der Waals surface area contributed by atoms with Crippen molar-refractivity contribution >= 4 is 17.6 Å². The van der Waals surface area contributed by atoms with Crippen molar-refractivity contribution in [3.63, 3.8) is 0 Å². The summed E-state index contributed by atoms with van der Waals surface area (Å²) < 4.78 is 5.50. The Hall–Kier alpha value is -1.59. The maximum Gasteiger partial charge on any atom is 0.318 e. The highest BCUT2D eigenvalue weighted by molar-refractivity contribution is 6.30. The van der Waals surface area contributed by atoms with E-state index in [4.69, 9.17) is 16.0 Å². The average molecular weight is 267 g/mol. The van der Waals surface area contributed by atoms with Gasteiger partial charge in [0.25, 0.3) is 0 Å². The molecule has 0 spiro atoms. The Balaban J connectivity index is 2.02. The summed E-state index contributed by atoms with van der Waals surface area (Å²) in [6, 6.07) is 8.19. The Kier molecular flexibility index (Phi) is 4.17. The quantitative estimate of drug-likeness (QED) is 0.898. The van der Waals surface area contributed by atoms with E-state index in [-0.39, 0.29) is 0 Å². The van der Waals surface area contributed by atoms with Crippen LogP contribution in [-0.2, 0) is 13.1 Å². The number of anilines is 1. The molecule has 0 fully saturated rings. The molecular formula is C12H15ClN4O. The van der Waals surface area contributed by atoms with Crippen LogP contribution in [0.1, 0.15) is 11.5 Å². The first kappa shape index (κ1) is 12.9. The van der Waals surface area contributed by atoms with Gasteiger partial charge in [-0.2, -0.15) is 0 Å². The van der Waals surface area contributed by atoms with Crippen molar-refractivity contribution in [3.05, 3.63) is 40.7 Å². The van der Waals surface area contributed by atoms with Gasteiger partial charge in [0.05, 0.1) is 6.54 Å². The minimum absolute atomic E-state index is 0.509. The summed E-state index contributed by atoms with van der Waals surface area (Å²) in [5.41, 5.74) is 1.13. The van der Waals surface area contributed by atoms with Crippen molar-refractivity contribution < 1.29 is 4.42 Å². The van der Waals surface area contributed by atoms with Gasteiger partial charge in [0, 0.05) is 18.6 Å². The number of rotatable bonds is 5. The van der Waals surface area contributed by atoms with Gasteiger partial charge in [-0.15, -0.1) is 5.10 Å². The Morgan fingerprint density at radius 1 is 1.28 bits per heavy atom. The molecule has 0 unspecified atom stereocenters. The van der Waals surface area contributed by atoms with E-state index in [9.17, 15) is 0 Å². The Labute approximate surface area is 111 Å². The van der Waals surface area contributed by atoms with Gasteiger partial charge < -0.3 is 14.6 Å². The molecule has 1 aromatic carbocycles. The van der Waals surface area contributed by atoms with Crippen LogP contribution in [0, 0.1) is 0 Å². The first-order valence-electron chi connectivity index (χ1n) is 5.61. The van der Waals surface area contributed by atoms with Gasteiger partial charge in [-0.1, -0.05) is 28.8 Å². The zero-order valence-corrected chi connectivity index (χ0v) is 11.1. The molecule has 0 aliphatic heterocycles. The number of hydrogen-bond acceptors (Lipinski definition) is 5. The van der Waals surface area contributed by atoms with Crippen LogP contribution in [0.2, 0.25) is 5.02 Å². The summed E-state index contributed by atoms with van der Waals surface area (Å²) >= 11 is 5.84. The average Bonchev–Trinajstić information content (AvgIpc) is 2.81. The van der Waals surface area contributed by atoms with Crippen molar-refractivity contribution in [2.45, 2.75) is 13.1 Å². The summed E-state index contributed by atoms with van der Waals surface area (Å²) in [5, 5.41) is 11.6. The number of nitrogens with zero attached hydrogens (tertiary/aromatic N) is 3. The van der Waals surface area contributed by atoms with Gasteiger partial charge in [-0.05, 0) is 24.7 Å². The second-order valence-electron chi connectivity index (χ2n) is 3.99. The zero-order valence-electron chi connectivity index (χ0n) is 10.4. The molecular weight excluding hydrogens is 252 g/mol. The maximum atomic E-state index is 5.84. The van der Waals surface area contributed by atoms with Crippen LogP contribution in [-0.4, -0.2) is 24.3 Å². The van der Waals surface area contributed by atoms with E-state index in [0.29, 0.717) is 25.0 Å². The number of benzene rings is 1. The highest BCUT2D eigenvalue weighted by Crippen LogP contribution is 2.15. The number of halogens is 1. The van der Waals surface area contributed by atoms with Crippen molar-refractivity contribution in [1.29, 1.82) is 0 Å². The predicted molar refractivity (Wildman–Crippen MR) is 70.6 cm³/mol. The molecule has 1 heterocycles. The highest BCUT2D eigenvalue weighted by Gasteiger charge is 2.10. The molecule has 0 bridgehead atoms. The molecule has 0 saturated carbocycles. The van der Waals surface area contributed by atoms with E-state index in [0.717, 1.165) is 10.6 Å². The third-order valence-corrected chi connectivity index (χ3v) is 2.70. The number of aromatic nitrogens is 2. The summed E-state index contributed by atoms with van der Waals surface area (Å²) in [7, 11) is 3.74. The SMILES string of the molecule is CNCc1nnc(N(C)Cc2ccc(Cl)cc2)o1. The molecule has 2 aromatic rings. The van der Waals surface area contributed by atoms with E-state index in [1.807, 2.05) is 43.3 Å². The Bertz CT molecular complexity index is 497. The molecule has 2 rings (SSSR count). The molecule has 0 amide bonds. The van der Waals surface area contributed by atoms with Crippen molar-refractivity contribution in [2.75, 3.05) is 19.0 Å². The Morgan fingerprint density at radius 3 is 2.67 bits per heavy atom. The normalized spacial score (nSPS) is 10.6. The largest absolute Gasteiger partial charge is 0.407 e. The molecule has 18 heavy (non-hydrogen) atoms. The van der Waals surface area contributed by atoms with Crippen LogP contribution in [0.15, 0.2) is 28.7 Å². The van der Waals surface area contributed by atoms with Crippen molar-refractivity contribution in [1.82, 2.24) is 15.5 Å². The van der Waals surface area contributed by atoms with E-state index >= 15 is 0 Å². The van der Waals surface area contributed by atoms with Gasteiger partial charge in [-0.3, -0.25) is 0 Å². The fraction of sp³-hybridized carbons (Fsp3) is 0.333. The van der Waals surface area contributed by atoms with Crippen LogP contribution in [0.4, 0.5) is 6.01 Å². The van der Waals surface area contributed by atoms with Crippen LogP contribution in [0.5, 0.6) is 0 Å². The van der Waals surface area contributed by atoms with E-state index < -0.39 is 0 Å². The molecule has 0 radical (unpaired) electrons. The molecule has 96 valence electrons. The summed E-state index contributed by atoms with van der Waals surface area (Å²) in [5.74, 6) is 0.579. The lowest BCUT2D eigenvalue weighted by atomic mass is 10.2. The lowest BCUT2D eigenvalue weighted by molar-refractivity contribution is 0.475. The van der Waals surface area contributed by atoms with Crippen molar-refractivity contribution in [3.8, 4) is 0 Å². The molecule has 1 aromatic heterocycles. The number of nitrogens with one attached hydrogen (secondary N) is 1. The fourth-order valence-electron chi connectivity index (χ4n) is 1.55. The van der Waals surface area contributed by atoms with Crippen LogP contribution >= 0.6 is 11.6 Å². The minimum atomic E-state index is 0.509. The fourth-order valence-corrected chi connectivity index (χ4v) is 1.68. The van der Waals surface area contributed by atoms with E-state index in [1.54, 1.807) is 0 Å². The van der Waals surface area contributed by atoms with Gasteiger partial charge in [-0.25, -0.2) is 0 Å². The van der Waals surface area contributed by atoms with E-state index in [2.05, 4.69) is 15.5 Å². The van der Waals surface area contributed by atoms with Crippen LogP contribution in [0.25, 0.3) is 0 Å². The molecule has 0 saturated heterocycles. The van der Waals surface area contributed by atoms with Gasteiger partial charge in [0.1, 0.15) is 0 Å². The third kappa shape index (κ3) is 3.21. The smallest absolute Gasteiger partial charge is 0.318 e. The topological polar surface area (TPSA) is 54.2 Å². The highest BCUT2D eigenvalue weighted by atomic mass is 35.5. The summed E-state index contributed by atoms with van der Waals surface area (Å²) in [6.07, 6.45) is 0. The molecule has 0 aliphatic rings. The third-order valence-electron chi connectivity index (χ3n) is 2.44. The van der Waals surface area contributed by atoms with Crippen LogP contribution in [0.3, 0.4) is 0 Å². The maximum absolute atomic E-state index is 5.84. The summed E-state index contributed by atoms with van der Waals surface area (Å²) in [6.45, 7) is 1.26. The lowest BCUT2D eigenvalue weighted by Crippen LogP contribution is -2.16. The summed E-state index contributed by atoms with van der Waals surface area (Å²) in [4.78, 5) is 1.90. The molecule has 5 nitrogen and oxygen atoms in total. The van der Waals surface area contributed by atoms with Gasteiger partial charge in [0.2, 0.25) is 5.89 Å². The minimum Gasteiger partial charge on any atom is -0.407 e. The molecule has 1 N–H and O–H groups in total.